The lowest BCUT2D eigenvalue weighted by atomic mass is 10.2. The van der Waals surface area contributed by atoms with Crippen molar-refractivity contribution in [3.63, 3.8) is 0 Å². The number of sulfone groups is 1. The van der Waals surface area contributed by atoms with Gasteiger partial charge in [0.15, 0.2) is 9.84 Å². The normalized spacial score (nSPS) is 25.3. The van der Waals surface area contributed by atoms with E-state index in [4.69, 9.17) is 0 Å². The van der Waals surface area contributed by atoms with Crippen molar-refractivity contribution in [1.82, 2.24) is 4.31 Å². The summed E-state index contributed by atoms with van der Waals surface area (Å²) in [6.45, 7) is 1.71. The molecular formula is C12H16BrNO5S2. The highest BCUT2D eigenvalue weighted by Crippen LogP contribution is 2.26. The van der Waals surface area contributed by atoms with E-state index >= 15 is 0 Å². The molecule has 118 valence electrons. The largest absolute Gasteiger partial charge is 0.390 e. The molecule has 9 heteroatoms. The topological polar surface area (TPSA) is 91.8 Å². The van der Waals surface area contributed by atoms with E-state index in [0.717, 1.165) is 8.78 Å². The summed E-state index contributed by atoms with van der Waals surface area (Å²) in [6.07, 6.45) is -1.19. The second-order valence-electron chi connectivity index (χ2n) is 4.87. The maximum Gasteiger partial charge on any atom is 0.243 e. The Labute approximate surface area is 132 Å². The fraction of sp³-hybridized carbons (Fsp3) is 0.500. The lowest BCUT2D eigenvalue weighted by Crippen LogP contribution is -2.46. The van der Waals surface area contributed by atoms with Gasteiger partial charge < -0.3 is 5.11 Å². The highest BCUT2D eigenvalue weighted by atomic mass is 79.9. The molecule has 0 aromatic heterocycles. The molecule has 0 radical (unpaired) electrons. The molecule has 1 N–H and O–H groups in total. The summed E-state index contributed by atoms with van der Waals surface area (Å²) in [4.78, 5) is 0.0732. The van der Waals surface area contributed by atoms with Gasteiger partial charge in [-0.15, -0.1) is 0 Å². The molecule has 1 saturated heterocycles. The van der Waals surface area contributed by atoms with E-state index in [0.29, 0.717) is 0 Å². The summed E-state index contributed by atoms with van der Waals surface area (Å²) in [5.74, 6) is -0.748. The smallest absolute Gasteiger partial charge is 0.243 e. The number of aliphatic hydroxyl groups excluding tert-OH is 1. The number of hydrogen-bond acceptors (Lipinski definition) is 5. The molecule has 6 nitrogen and oxygen atoms in total. The van der Waals surface area contributed by atoms with Crippen LogP contribution in [0.2, 0.25) is 0 Å². The van der Waals surface area contributed by atoms with E-state index in [9.17, 15) is 21.9 Å². The summed E-state index contributed by atoms with van der Waals surface area (Å²) < 4.78 is 50.2. The third-order valence-electron chi connectivity index (χ3n) is 3.40. The number of likely N-dealkylation sites (N-methyl/N-ethyl adjacent to an activating group) is 1. The average molecular weight is 398 g/mol. The number of rotatable bonds is 4. The molecule has 0 amide bonds. The molecule has 0 spiro atoms. The molecule has 2 atom stereocenters. The second-order valence-corrected chi connectivity index (χ2v) is 9.83. The summed E-state index contributed by atoms with van der Waals surface area (Å²) in [5.41, 5.74) is 0. The van der Waals surface area contributed by atoms with Crippen LogP contribution in [0.25, 0.3) is 0 Å². The lowest BCUT2D eigenvalue weighted by Gasteiger charge is -2.28. The molecule has 0 bridgehead atoms. The monoisotopic (exact) mass is 397 g/mol. The van der Waals surface area contributed by atoms with Crippen LogP contribution in [-0.4, -0.2) is 56.4 Å². The lowest BCUT2D eigenvalue weighted by molar-refractivity contribution is 0.130. The zero-order valence-electron chi connectivity index (χ0n) is 11.3. The first-order chi connectivity index (χ1) is 9.67. The fourth-order valence-electron chi connectivity index (χ4n) is 2.41. The van der Waals surface area contributed by atoms with Crippen molar-refractivity contribution in [2.75, 3.05) is 18.1 Å². The van der Waals surface area contributed by atoms with Crippen molar-refractivity contribution in [3.05, 3.63) is 28.7 Å². The summed E-state index contributed by atoms with van der Waals surface area (Å²) in [6, 6.07) is 5.15. The minimum Gasteiger partial charge on any atom is -0.390 e. The third kappa shape index (κ3) is 3.48. The molecule has 1 aliphatic rings. The average Bonchev–Trinajstić information content (AvgIpc) is 2.64. The van der Waals surface area contributed by atoms with Gasteiger partial charge in [-0.25, -0.2) is 16.8 Å². The van der Waals surface area contributed by atoms with Crippen LogP contribution in [0.15, 0.2) is 33.6 Å². The maximum absolute atomic E-state index is 12.6. The Kier molecular flexibility index (Phi) is 4.79. The van der Waals surface area contributed by atoms with Crippen LogP contribution in [0, 0.1) is 0 Å². The predicted molar refractivity (Wildman–Crippen MR) is 82.2 cm³/mol. The van der Waals surface area contributed by atoms with E-state index in [-0.39, 0.29) is 17.2 Å². The van der Waals surface area contributed by atoms with E-state index in [2.05, 4.69) is 15.9 Å². The summed E-state index contributed by atoms with van der Waals surface area (Å²) in [7, 11) is -7.26. The number of hydrogen-bond donors (Lipinski definition) is 1. The zero-order chi connectivity index (χ0) is 15.8. The Morgan fingerprint density at radius 3 is 2.29 bits per heavy atom. The highest BCUT2D eigenvalue weighted by Gasteiger charge is 2.44. The quantitative estimate of drug-likeness (QED) is 0.803. The Morgan fingerprint density at radius 2 is 1.86 bits per heavy atom. The highest BCUT2D eigenvalue weighted by molar-refractivity contribution is 9.10. The summed E-state index contributed by atoms with van der Waals surface area (Å²) in [5, 5.41) is 9.89. The number of nitrogens with zero attached hydrogens (tertiary/aromatic N) is 1. The first-order valence-electron chi connectivity index (χ1n) is 6.33. The van der Waals surface area contributed by atoms with Crippen LogP contribution >= 0.6 is 15.9 Å². The van der Waals surface area contributed by atoms with Crippen LogP contribution < -0.4 is 0 Å². The first-order valence-corrected chi connectivity index (χ1v) is 10.4. The van der Waals surface area contributed by atoms with Crippen molar-refractivity contribution < 1.29 is 21.9 Å². The Hall–Kier alpha value is -0.480. The molecule has 1 heterocycles. The van der Waals surface area contributed by atoms with E-state index in [1.165, 1.54) is 12.1 Å². The van der Waals surface area contributed by atoms with E-state index in [1.54, 1.807) is 19.1 Å². The third-order valence-corrected chi connectivity index (χ3v) is 7.64. The van der Waals surface area contributed by atoms with Crippen molar-refractivity contribution in [3.8, 4) is 0 Å². The number of halogens is 1. The number of sulfonamides is 1. The van der Waals surface area contributed by atoms with E-state index < -0.39 is 37.8 Å². The predicted octanol–water partition coefficient (Wildman–Crippen LogP) is 0.618. The minimum absolute atomic E-state index is 0.0732. The molecule has 0 aliphatic carbocycles. The minimum atomic E-state index is -3.85. The van der Waals surface area contributed by atoms with E-state index in [1.807, 2.05) is 0 Å². The van der Waals surface area contributed by atoms with Gasteiger partial charge in [0.25, 0.3) is 0 Å². The SMILES string of the molecule is CCN([C@@H]1CS(=O)(=O)C[C@H]1O)S(=O)(=O)c1ccc(Br)cc1. The van der Waals surface area contributed by atoms with Gasteiger partial charge in [-0.3, -0.25) is 0 Å². The number of benzene rings is 1. The van der Waals surface area contributed by atoms with Crippen LogP contribution in [0.1, 0.15) is 6.92 Å². The van der Waals surface area contributed by atoms with Crippen molar-refractivity contribution >= 4 is 35.8 Å². The van der Waals surface area contributed by atoms with Crippen molar-refractivity contribution in [1.29, 1.82) is 0 Å². The Morgan fingerprint density at radius 1 is 1.29 bits per heavy atom. The van der Waals surface area contributed by atoms with Gasteiger partial charge >= 0.3 is 0 Å². The molecule has 0 unspecified atom stereocenters. The molecule has 1 aromatic carbocycles. The van der Waals surface area contributed by atoms with Crippen LogP contribution in [-0.2, 0) is 19.9 Å². The van der Waals surface area contributed by atoms with Gasteiger partial charge in [0.05, 0.1) is 28.5 Å². The van der Waals surface area contributed by atoms with Gasteiger partial charge in [0.1, 0.15) is 0 Å². The maximum atomic E-state index is 12.6. The molecule has 2 rings (SSSR count). The molecular weight excluding hydrogens is 382 g/mol. The number of aliphatic hydroxyl groups is 1. The molecule has 21 heavy (non-hydrogen) atoms. The zero-order valence-corrected chi connectivity index (χ0v) is 14.5. The second kappa shape index (κ2) is 5.96. The van der Waals surface area contributed by atoms with Crippen LogP contribution in [0.4, 0.5) is 0 Å². The van der Waals surface area contributed by atoms with Gasteiger partial charge in [-0.2, -0.15) is 4.31 Å². The molecule has 1 fully saturated rings. The Bertz CT molecular complexity index is 715. The molecule has 1 aromatic rings. The first kappa shape index (κ1) is 16.9. The standard InChI is InChI=1S/C12H16BrNO5S2/c1-2-14(11-7-20(16,17)8-12(11)15)21(18,19)10-5-3-9(13)4-6-10/h3-6,11-12,15H,2,7-8H2,1H3/t11-,12-/m1/s1. The van der Waals surface area contributed by atoms with Gasteiger partial charge in [-0.1, -0.05) is 22.9 Å². The summed E-state index contributed by atoms with van der Waals surface area (Å²) >= 11 is 3.23. The Balaban J connectivity index is 2.39. The van der Waals surface area contributed by atoms with Gasteiger partial charge in [0.2, 0.25) is 10.0 Å². The van der Waals surface area contributed by atoms with Crippen molar-refractivity contribution in [2.24, 2.45) is 0 Å². The molecule has 1 aliphatic heterocycles. The van der Waals surface area contributed by atoms with Gasteiger partial charge in [0, 0.05) is 11.0 Å². The van der Waals surface area contributed by atoms with Gasteiger partial charge in [-0.05, 0) is 24.3 Å². The van der Waals surface area contributed by atoms with Crippen LogP contribution in [0.5, 0.6) is 0 Å². The molecule has 0 saturated carbocycles. The fourth-order valence-corrected chi connectivity index (χ4v) is 6.23. The van der Waals surface area contributed by atoms with Crippen LogP contribution in [0.3, 0.4) is 0 Å². The van der Waals surface area contributed by atoms with Crippen molar-refractivity contribution in [2.45, 2.75) is 24.0 Å².